The number of halogens is 1. The predicted molar refractivity (Wildman–Crippen MR) is 50.4 cm³/mol. The first-order valence-electron chi connectivity index (χ1n) is 4.84. The topological polar surface area (TPSA) is 123 Å². The number of hydrogen-bond acceptors (Lipinski definition) is 6. The first-order chi connectivity index (χ1) is 8.04. The van der Waals surface area contributed by atoms with Gasteiger partial charge in [-0.1, -0.05) is 0 Å². The quantitative estimate of drug-likeness (QED) is 0.565. The van der Waals surface area contributed by atoms with Crippen LogP contribution in [0.4, 0.5) is 4.39 Å². The number of nitrogens with two attached hydrogens (primary N) is 1. The molecule has 1 saturated heterocycles. The third-order valence-corrected chi connectivity index (χ3v) is 2.46. The lowest BCUT2D eigenvalue weighted by Crippen LogP contribution is -2.30. The molecule has 1 fully saturated rings. The normalized spacial score (nSPS) is 32.9. The van der Waals surface area contributed by atoms with Gasteiger partial charge < -0.3 is 20.7 Å². The summed E-state index contributed by atoms with van der Waals surface area (Å²) >= 11 is 0. The van der Waals surface area contributed by atoms with Crippen molar-refractivity contribution in [3.8, 4) is 0 Å². The Kier molecular flexibility index (Phi) is 3.05. The van der Waals surface area contributed by atoms with E-state index in [0.717, 1.165) is 11.0 Å². The van der Waals surface area contributed by atoms with Crippen LogP contribution in [0.15, 0.2) is 6.33 Å². The van der Waals surface area contributed by atoms with Crippen molar-refractivity contribution in [3.05, 3.63) is 12.2 Å². The van der Waals surface area contributed by atoms with Crippen molar-refractivity contribution >= 4 is 5.91 Å². The molecule has 1 aliphatic rings. The average molecular weight is 246 g/mol. The lowest BCUT2D eigenvalue weighted by atomic mass is 10.1. The SMILES string of the molecule is NC(=O)c1ncn([C@H]2O[C@H](CO)[C@@H](O)[C@H]2F)n1. The van der Waals surface area contributed by atoms with Crippen LogP contribution < -0.4 is 5.73 Å². The van der Waals surface area contributed by atoms with E-state index in [1.807, 2.05) is 0 Å². The molecule has 0 aromatic carbocycles. The minimum Gasteiger partial charge on any atom is -0.394 e. The number of aliphatic hydroxyl groups excluding tert-OH is 2. The number of rotatable bonds is 3. The lowest BCUT2D eigenvalue weighted by molar-refractivity contribution is -0.0523. The molecule has 0 radical (unpaired) electrons. The highest BCUT2D eigenvalue weighted by Gasteiger charge is 2.45. The molecule has 1 aromatic heterocycles. The van der Waals surface area contributed by atoms with Crippen LogP contribution in [0.5, 0.6) is 0 Å². The molecule has 17 heavy (non-hydrogen) atoms. The minimum atomic E-state index is -1.77. The fraction of sp³-hybridized carbons (Fsp3) is 0.625. The molecule has 0 aliphatic carbocycles. The zero-order valence-corrected chi connectivity index (χ0v) is 8.60. The molecule has 4 atom stereocenters. The number of alkyl halides is 1. The zero-order chi connectivity index (χ0) is 12.6. The Morgan fingerprint density at radius 1 is 1.71 bits per heavy atom. The van der Waals surface area contributed by atoms with Crippen LogP contribution in [0.2, 0.25) is 0 Å². The van der Waals surface area contributed by atoms with Crippen LogP contribution in [0, 0.1) is 0 Å². The molecule has 0 bridgehead atoms. The number of nitrogens with zero attached hydrogens (tertiary/aromatic N) is 3. The summed E-state index contributed by atoms with van der Waals surface area (Å²) in [6, 6.07) is 0. The van der Waals surface area contributed by atoms with Crippen molar-refractivity contribution in [2.75, 3.05) is 6.61 Å². The standard InChI is InChI=1S/C8H11FN4O4/c9-4-5(15)3(1-14)17-8(4)13-2-11-7(12-13)6(10)16/h2-5,8,14-15H,1H2,(H2,10,16)/t3-,4-,5-,8+/m1/s1. The first kappa shape index (κ1) is 11.9. The van der Waals surface area contributed by atoms with E-state index in [-0.39, 0.29) is 5.82 Å². The Labute approximate surface area is 94.8 Å². The van der Waals surface area contributed by atoms with E-state index >= 15 is 0 Å². The van der Waals surface area contributed by atoms with Gasteiger partial charge in [-0.25, -0.2) is 14.1 Å². The van der Waals surface area contributed by atoms with Gasteiger partial charge in [-0.2, -0.15) is 0 Å². The fourth-order valence-electron chi connectivity index (χ4n) is 1.58. The maximum atomic E-state index is 13.6. The van der Waals surface area contributed by atoms with Gasteiger partial charge in [0.05, 0.1) is 6.61 Å². The summed E-state index contributed by atoms with van der Waals surface area (Å²) < 4.78 is 19.6. The van der Waals surface area contributed by atoms with Crippen molar-refractivity contribution in [2.24, 2.45) is 5.73 Å². The van der Waals surface area contributed by atoms with Crippen molar-refractivity contribution in [3.63, 3.8) is 0 Å². The average Bonchev–Trinajstić information content (AvgIpc) is 2.87. The van der Waals surface area contributed by atoms with E-state index in [4.69, 9.17) is 15.6 Å². The lowest BCUT2D eigenvalue weighted by Gasteiger charge is -2.11. The first-order valence-corrected chi connectivity index (χ1v) is 4.84. The summed E-state index contributed by atoms with van der Waals surface area (Å²) in [7, 11) is 0. The summed E-state index contributed by atoms with van der Waals surface area (Å²) in [6.07, 6.45) is -4.41. The summed E-state index contributed by atoms with van der Waals surface area (Å²) in [4.78, 5) is 14.3. The molecule has 0 saturated carbocycles. The van der Waals surface area contributed by atoms with Crippen molar-refractivity contribution in [1.82, 2.24) is 14.8 Å². The molecule has 1 amide bonds. The molecule has 0 spiro atoms. The molecule has 2 rings (SSSR count). The highest BCUT2D eigenvalue weighted by atomic mass is 19.1. The molecule has 94 valence electrons. The van der Waals surface area contributed by atoms with Gasteiger partial charge in [-0.05, 0) is 0 Å². The molecule has 4 N–H and O–H groups in total. The highest BCUT2D eigenvalue weighted by molar-refractivity contribution is 5.88. The molecular formula is C8H11FN4O4. The smallest absolute Gasteiger partial charge is 0.288 e. The van der Waals surface area contributed by atoms with Crippen LogP contribution in [0.25, 0.3) is 0 Å². The van der Waals surface area contributed by atoms with Gasteiger partial charge in [0.2, 0.25) is 5.82 Å². The van der Waals surface area contributed by atoms with Crippen LogP contribution >= 0.6 is 0 Å². The molecule has 9 heteroatoms. The molecule has 0 unspecified atom stereocenters. The van der Waals surface area contributed by atoms with Gasteiger partial charge in [-0.15, -0.1) is 5.10 Å². The molecule has 8 nitrogen and oxygen atoms in total. The molecule has 1 aliphatic heterocycles. The van der Waals surface area contributed by atoms with Gasteiger partial charge in [0.15, 0.2) is 12.4 Å². The number of carbonyl (C=O) groups is 1. The largest absolute Gasteiger partial charge is 0.394 e. The number of carbonyl (C=O) groups excluding carboxylic acids is 1. The number of hydrogen-bond donors (Lipinski definition) is 3. The maximum absolute atomic E-state index is 13.6. The number of amides is 1. The number of aromatic nitrogens is 3. The van der Waals surface area contributed by atoms with Crippen LogP contribution in [-0.2, 0) is 4.74 Å². The summed E-state index contributed by atoms with van der Waals surface area (Å²) in [5.74, 6) is -1.13. The second kappa shape index (κ2) is 4.35. The van der Waals surface area contributed by atoms with Crippen molar-refractivity contribution in [2.45, 2.75) is 24.6 Å². The Balaban J connectivity index is 2.19. The number of ether oxygens (including phenoxy) is 1. The Bertz CT molecular complexity index is 425. The molecule has 1 aromatic rings. The van der Waals surface area contributed by atoms with Crippen LogP contribution in [0.3, 0.4) is 0 Å². The summed E-state index contributed by atoms with van der Waals surface area (Å²) in [5, 5.41) is 21.9. The second-order valence-electron chi connectivity index (χ2n) is 3.60. The molecule has 2 heterocycles. The second-order valence-corrected chi connectivity index (χ2v) is 3.60. The van der Waals surface area contributed by atoms with E-state index < -0.39 is 37.1 Å². The monoisotopic (exact) mass is 246 g/mol. The minimum absolute atomic E-state index is 0.275. The number of aliphatic hydroxyl groups is 2. The molecular weight excluding hydrogens is 235 g/mol. The third-order valence-electron chi connectivity index (χ3n) is 2.46. The zero-order valence-electron chi connectivity index (χ0n) is 8.60. The van der Waals surface area contributed by atoms with Crippen LogP contribution in [0.1, 0.15) is 16.8 Å². The van der Waals surface area contributed by atoms with E-state index in [2.05, 4.69) is 10.1 Å². The van der Waals surface area contributed by atoms with Crippen molar-refractivity contribution < 1.29 is 24.1 Å². The van der Waals surface area contributed by atoms with E-state index in [1.165, 1.54) is 0 Å². The van der Waals surface area contributed by atoms with Gasteiger partial charge in [0.25, 0.3) is 5.91 Å². The third kappa shape index (κ3) is 1.99. The van der Waals surface area contributed by atoms with Crippen molar-refractivity contribution in [1.29, 1.82) is 0 Å². The fourth-order valence-corrected chi connectivity index (χ4v) is 1.58. The Morgan fingerprint density at radius 2 is 2.41 bits per heavy atom. The van der Waals surface area contributed by atoms with Gasteiger partial charge in [-0.3, -0.25) is 4.79 Å². The summed E-state index contributed by atoms with van der Waals surface area (Å²) in [6.45, 7) is -0.518. The van der Waals surface area contributed by atoms with Crippen LogP contribution in [-0.4, -0.2) is 55.9 Å². The van der Waals surface area contributed by atoms with Gasteiger partial charge in [0, 0.05) is 0 Å². The number of primary amides is 1. The maximum Gasteiger partial charge on any atom is 0.288 e. The Hall–Kier alpha value is -1.58. The van der Waals surface area contributed by atoms with Gasteiger partial charge >= 0.3 is 0 Å². The van der Waals surface area contributed by atoms with Gasteiger partial charge in [0.1, 0.15) is 18.5 Å². The highest BCUT2D eigenvalue weighted by Crippen LogP contribution is 2.30. The van der Waals surface area contributed by atoms with E-state index in [1.54, 1.807) is 0 Å². The predicted octanol–water partition coefficient (Wildman–Crippen LogP) is -2.03. The Morgan fingerprint density at radius 3 is 2.88 bits per heavy atom. The van der Waals surface area contributed by atoms with E-state index in [0.29, 0.717) is 0 Å². The van der Waals surface area contributed by atoms with E-state index in [9.17, 15) is 14.3 Å². The summed E-state index contributed by atoms with van der Waals surface area (Å²) in [5.41, 5.74) is 4.94.